The highest BCUT2D eigenvalue weighted by atomic mass is 32.1. The summed E-state index contributed by atoms with van der Waals surface area (Å²) in [6.45, 7) is 7.32. The number of thiophene rings is 1. The molecule has 0 radical (unpaired) electrons. The van der Waals surface area contributed by atoms with Crippen LogP contribution in [0.4, 0.5) is 5.69 Å². The fourth-order valence-corrected chi connectivity index (χ4v) is 5.20. The SMILES string of the molecule is Cc1cccc(N2CCN(C(=O)c3cc4c(C)nn(-c5ccccc5)c4s3)CC2)c1. The van der Waals surface area contributed by atoms with Crippen LogP contribution in [0.25, 0.3) is 15.9 Å². The number of hydrogen-bond acceptors (Lipinski definition) is 4. The van der Waals surface area contributed by atoms with Gasteiger partial charge in [0.15, 0.2) is 0 Å². The van der Waals surface area contributed by atoms with Crippen LogP contribution in [-0.2, 0) is 0 Å². The Bertz CT molecular complexity index is 1200. The number of benzene rings is 2. The van der Waals surface area contributed by atoms with Crippen LogP contribution >= 0.6 is 11.3 Å². The molecule has 5 nitrogen and oxygen atoms in total. The van der Waals surface area contributed by atoms with Crippen LogP contribution in [0.15, 0.2) is 60.7 Å². The quantitative estimate of drug-likeness (QED) is 0.487. The number of rotatable bonds is 3. The fourth-order valence-electron chi connectivity index (χ4n) is 4.05. The monoisotopic (exact) mass is 416 g/mol. The number of hydrogen-bond donors (Lipinski definition) is 0. The number of carbonyl (C=O) groups is 1. The third-order valence-electron chi connectivity index (χ3n) is 5.69. The van der Waals surface area contributed by atoms with E-state index in [0.717, 1.165) is 52.7 Å². The molecule has 152 valence electrons. The van der Waals surface area contributed by atoms with Crippen molar-refractivity contribution < 1.29 is 4.79 Å². The number of nitrogens with zero attached hydrogens (tertiary/aromatic N) is 4. The first-order chi connectivity index (χ1) is 14.6. The number of aromatic nitrogens is 2. The van der Waals surface area contributed by atoms with Gasteiger partial charge in [0.25, 0.3) is 5.91 Å². The van der Waals surface area contributed by atoms with Gasteiger partial charge in [0.05, 0.1) is 16.3 Å². The largest absolute Gasteiger partial charge is 0.368 e. The van der Waals surface area contributed by atoms with Crippen molar-refractivity contribution in [1.29, 1.82) is 0 Å². The third-order valence-corrected chi connectivity index (χ3v) is 6.79. The number of piperazine rings is 1. The number of anilines is 1. The van der Waals surface area contributed by atoms with Gasteiger partial charge < -0.3 is 9.80 Å². The van der Waals surface area contributed by atoms with Gasteiger partial charge in [0.2, 0.25) is 0 Å². The van der Waals surface area contributed by atoms with Crippen molar-refractivity contribution in [3.05, 3.63) is 76.8 Å². The van der Waals surface area contributed by atoms with E-state index in [9.17, 15) is 4.79 Å². The molecule has 0 N–H and O–H groups in total. The summed E-state index contributed by atoms with van der Waals surface area (Å²) < 4.78 is 1.95. The number of fused-ring (bicyclic) bond motifs is 1. The molecule has 1 fully saturated rings. The zero-order valence-electron chi connectivity index (χ0n) is 17.2. The van der Waals surface area contributed by atoms with Crippen LogP contribution in [0.1, 0.15) is 20.9 Å². The first-order valence-corrected chi connectivity index (χ1v) is 11.1. The molecular weight excluding hydrogens is 392 g/mol. The van der Waals surface area contributed by atoms with Gasteiger partial charge in [0, 0.05) is 37.3 Å². The summed E-state index contributed by atoms with van der Waals surface area (Å²) in [4.78, 5) is 19.4. The van der Waals surface area contributed by atoms with Crippen molar-refractivity contribution >= 4 is 33.1 Å². The number of carbonyl (C=O) groups excluding carboxylic acids is 1. The topological polar surface area (TPSA) is 41.4 Å². The number of para-hydroxylation sites is 1. The van der Waals surface area contributed by atoms with Gasteiger partial charge in [-0.15, -0.1) is 11.3 Å². The second-order valence-corrected chi connectivity index (χ2v) is 8.81. The van der Waals surface area contributed by atoms with E-state index in [2.05, 4.69) is 41.2 Å². The molecule has 4 aromatic rings. The maximum Gasteiger partial charge on any atom is 0.264 e. The highest BCUT2D eigenvalue weighted by molar-refractivity contribution is 7.20. The van der Waals surface area contributed by atoms with Crippen LogP contribution in [0.5, 0.6) is 0 Å². The Hall–Kier alpha value is -3.12. The van der Waals surface area contributed by atoms with Gasteiger partial charge >= 0.3 is 0 Å². The van der Waals surface area contributed by atoms with Crippen LogP contribution < -0.4 is 4.90 Å². The summed E-state index contributed by atoms with van der Waals surface area (Å²) in [7, 11) is 0. The molecule has 0 spiro atoms. The first kappa shape index (κ1) is 18.9. The van der Waals surface area contributed by atoms with E-state index < -0.39 is 0 Å². The molecule has 1 saturated heterocycles. The fraction of sp³-hybridized carbons (Fsp3) is 0.250. The molecule has 1 amide bonds. The lowest BCUT2D eigenvalue weighted by atomic mass is 10.2. The predicted molar refractivity (Wildman–Crippen MR) is 123 cm³/mol. The van der Waals surface area contributed by atoms with E-state index in [4.69, 9.17) is 0 Å². The zero-order valence-corrected chi connectivity index (χ0v) is 18.0. The molecule has 0 bridgehead atoms. The summed E-state index contributed by atoms with van der Waals surface area (Å²) in [5.74, 6) is 0.124. The molecule has 30 heavy (non-hydrogen) atoms. The molecular formula is C24H24N4OS. The van der Waals surface area contributed by atoms with Crippen molar-refractivity contribution in [2.75, 3.05) is 31.1 Å². The number of amides is 1. The molecule has 0 atom stereocenters. The average molecular weight is 417 g/mol. The summed E-state index contributed by atoms with van der Waals surface area (Å²) >= 11 is 1.54. The van der Waals surface area contributed by atoms with E-state index in [1.54, 1.807) is 0 Å². The Morgan fingerprint density at radius 1 is 0.900 bits per heavy atom. The molecule has 0 unspecified atom stereocenters. The van der Waals surface area contributed by atoms with Gasteiger partial charge in [-0.25, -0.2) is 4.68 Å². The Morgan fingerprint density at radius 3 is 2.37 bits per heavy atom. The lowest BCUT2D eigenvalue weighted by molar-refractivity contribution is 0.0751. The van der Waals surface area contributed by atoms with Crippen molar-refractivity contribution in [3.63, 3.8) is 0 Å². The zero-order chi connectivity index (χ0) is 20.7. The minimum Gasteiger partial charge on any atom is -0.368 e. The highest BCUT2D eigenvalue weighted by Gasteiger charge is 2.25. The molecule has 3 heterocycles. The van der Waals surface area contributed by atoms with Crippen LogP contribution in [0, 0.1) is 13.8 Å². The van der Waals surface area contributed by atoms with E-state index >= 15 is 0 Å². The van der Waals surface area contributed by atoms with Gasteiger partial charge in [0.1, 0.15) is 4.83 Å². The minimum absolute atomic E-state index is 0.124. The lowest BCUT2D eigenvalue weighted by Crippen LogP contribution is -2.48. The second kappa shape index (κ2) is 7.61. The molecule has 0 saturated carbocycles. The molecule has 2 aromatic heterocycles. The maximum absolute atomic E-state index is 13.2. The predicted octanol–water partition coefficient (Wildman–Crippen LogP) is 4.67. The molecule has 1 aliphatic heterocycles. The Balaban J connectivity index is 1.36. The van der Waals surface area contributed by atoms with Crippen molar-refractivity contribution in [2.24, 2.45) is 0 Å². The number of aryl methyl sites for hydroxylation is 2. The van der Waals surface area contributed by atoms with Crippen molar-refractivity contribution in [1.82, 2.24) is 14.7 Å². The normalized spacial score (nSPS) is 14.5. The molecule has 1 aliphatic rings. The molecule has 2 aromatic carbocycles. The Kier molecular flexibility index (Phi) is 4.79. The first-order valence-electron chi connectivity index (χ1n) is 10.3. The van der Waals surface area contributed by atoms with Crippen LogP contribution in [-0.4, -0.2) is 46.8 Å². The smallest absolute Gasteiger partial charge is 0.264 e. The summed E-state index contributed by atoms with van der Waals surface area (Å²) in [5, 5.41) is 5.74. The average Bonchev–Trinajstić information content (AvgIpc) is 3.35. The van der Waals surface area contributed by atoms with Gasteiger partial charge in [-0.2, -0.15) is 5.10 Å². The summed E-state index contributed by atoms with van der Waals surface area (Å²) in [6.07, 6.45) is 0. The van der Waals surface area contributed by atoms with Gasteiger partial charge in [-0.05, 0) is 49.7 Å². The Labute approximate surface area is 180 Å². The van der Waals surface area contributed by atoms with E-state index in [1.165, 1.54) is 22.6 Å². The maximum atomic E-state index is 13.2. The Morgan fingerprint density at radius 2 is 1.63 bits per heavy atom. The highest BCUT2D eigenvalue weighted by Crippen LogP contribution is 2.31. The van der Waals surface area contributed by atoms with Crippen molar-refractivity contribution in [2.45, 2.75) is 13.8 Å². The van der Waals surface area contributed by atoms with E-state index in [1.807, 2.05) is 52.9 Å². The summed E-state index contributed by atoms with van der Waals surface area (Å²) in [5.41, 5.74) is 4.47. The lowest BCUT2D eigenvalue weighted by Gasteiger charge is -2.36. The molecule has 5 rings (SSSR count). The van der Waals surface area contributed by atoms with E-state index in [0.29, 0.717) is 0 Å². The molecule has 6 heteroatoms. The molecule has 0 aliphatic carbocycles. The van der Waals surface area contributed by atoms with Gasteiger partial charge in [-0.1, -0.05) is 30.3 Å². The third kappa shape index (κ3) is 3.37. The van der Waals surface area contributed by atoms with Crippen molar-refractivity contribution in [3.8, 4) is 5.69 Å². The standard InChI is InChI=1S/C24H24N4OS/c1-17-7-6-10-20(15-17)26-11-13-27(14-12-26)23(29)22-16-21-18(2)25-28(24(21)30-22)19-8-4-3-5-9-19/h3-10,15-16H,11-14H2,1-2H3. The van der Waals surface area contributed by atoms with Crippen LogP contribution in [0.3, 0.4) is 0 Å². The second-order valence-electron chi connectivity index (χ2n) is 7.78. The van der Waals surface area contributed by atoms with E-state index in [-0.39, 0.29) is 5.91 Å². The summed E-state index contributed by atoms with van der Waals surface area (Å²) in [6, 6.07) is 20.7. The van der Waals surface area contributed by atoms with Crippen LogP contribution in [0.2, 0.25) is 0 Å². The van der Waals surface area contributed by atoms with Gasteiger partial charge in [-0.3, -0.25) is 4.79 Å². The minimum atomic E-state index is 0.124.